The number of aryl methyl sites for hydroxylation is 1. The topological polar surface area (TPSA) is 62.5 Å². The summed E-state index contributed by atoms with van der Waals surface area (Å²) in [5, 5.41) is 7.17. The van der Waals surface area contributed by atoms with E-state index >= 15 is 0 Å². The standard InChI is InChI=1S/C19H20N4O2S/c1-14-20-16(13-26-14)12-22-7-9-23(10-8-22)19(24)17-11-18(25-21-17)15-5-3-2-4-6-15/h2-6,11,13H,7-10,12H2,1H3. The van der Waals surface area contributed by atoms with Crippen LogP contribution in [-0.2, 0) is 6.54 Å². The highest BCUT2D eigenvalue weighted by Crippen LogP contribution is 2.21. The molecule has 1 saturated heterocycles. The quantitative estimate of drug-likeness (QED) is 0.708. The second-order valence-corrected chi connectivity index (χ2v) is 7.43. The second-order valence-electron chi connectivity index (χ2n) is 6.37. The predicted molar refractivity (Wildman–Crippen MR) is 100.0 cm³/mol. The Morgan fingerprint density at radius 1 is 1.19 bits per heavy atom. The maximum absolute atomic E-state index is 12.7. The van der Waals surface area contributed by atoms with Gasteiger partial charge < -0.3 is 9.42 Å². The van der Waals surface area contributed by atoms with E-state index in [9.17, 15) is 4.79 Å². The van der Waals surface area contributed by atoms with Crippen molar-refractivity contribution in [3.05, 3.63) is 58.2 Å². The number of nitrogens with zero attached hydrogens (tertiary/aromatic N) is 4. The Balaban J connectivity index is 1.36. The maximum Gasteiger partial charge on any atom is 0.276 e. The number of amides is 1. The van der Waals surface area contributed by atoms with Gasteiger partial charge in [0.2, 0.25) is 0 Å². The molecule has 2 aromatic heterocycles. The van der Waals surface area contributed by atoms with E-state index in [2.05, 4.69) is 20.4 Å². The molecule has 4 rings (SSSR count). The molecule has 3 aromatic rings. The Kier molecular flexibility index (Phi) is 4.81. The third-order valence-corrected chi connectivity index (χ3v) is 5.32. The molecule has 6 nitrogen and oxygen atoms in total. The Hall–Kier alpha value is -2.51. The summed E-state index contributed by atoms with van der Waals surface area (Å²) in [5.74, 6) is 0.548. The molecule has 134 valence electrons. The number of carbonyl (C=O) groups excluding carboxylic acids is 1. The number of hydrogen-bond acceptors (Lipinski definition) is 6. The zero-order valence-corrected chi connectivity index (χ0v) is 15.4. The predicted octanol–water partition coefficient (Wildman–Crippen LogP) is 3.06. The minimum atomic E-state index is -0.0694. The number of carbonyl (C=O) groups is 1. The Morgan fingerprint density at radius 2 is 1.96 bits per heavy atom. The number of hydrogen-bond donors (Lipinski definition) is 0. The molecule has 0 spiro atoms. The van der Waals surface area contributed by atoms with E-state index in [0.29, 0.717) is 24.5 Å². The van der Waals surface area contributed by atoms with Crippen LogP contribution in [0, 0.1) is 6.92 Å². The van der Waals surface area contributed by atoms with Crippen LogP contribution in [0.4, 0.5) is 0 Å². The summed E-state index contributed by atoms with van der Waals surface area (Å²) in [6.07, 6.45) is 0. The third kappa shape index (κ3) is 3.68. The van der Waals surface area contributed by atoms with Crippen molar-refractivity contribution in [1.29, 1.82) is 0 Å². The fourth-order valence-corrected chi connectivity index (χ4v) is 3.70. The minimum Gasteiger partial charge on any atom is -0.355 e. The number of rotatable bonds is 4. The van der Waals surface area contributed by atoms with Crippen LogP contribution in [0.25, 0.3) is 11.3 Å². The van der Waals surface area contributed by atoms with Gasteiger partial charge in [0.05, 0.1) is 10.7 Å². The van der Waals surface area contributed by atoms with Gasteiger partial charge in [0.15, 0.2) is 11.5 Å². The Morgan fingerprint density at radius 3 is 2.65 bits per heavy atom. The molecule has 0 N–H and O–H groups in total. The molecule has 0 saturated carbocycles. The van der Waals surface area contributed by atoms with Crippen LogP contribution in [0.5, 0.6) is 0 Å². The van der Waals surface area contributed by atoms with Crippen molar-refractivity contribution >= 4 is 17.2 Å². The summed E-state index contributed by atoms with van der Waals surface area (Å²) in [6.45, 7) is 5.92. The Labute approximate surface area is 156 Å². The van der Waals surface area contributed by atoms with Gasteiger partial charge in [0.25, 0.3) is 5.91 Å². The van der Waals surface area contributed by atoms with Gasteiger partial charge in [-0.3, -0.25) is 9.69 Å². The van der Waals surface area contributed by atoms with Crippen LogP contribution in [-0.4, -0.2) is 52.0 Å². The first kappa shape index (κ1) is 16.9. The third-order valence-electron chi connectivity index (χ3n) is 4.50. The number of aromatic nitrogens is 2. The molecule has 1 aliphatic rings. The summed E-state index contributed by atoms with van der Waals surface area (Å²) in [5.41, 5.74) is 2.39. The van der Waals surface area contributed by atoms with Crippen LogP contribution in [0.3, 0.4) is 0 Å². The van der Waals surface area contributed by atoms with Gasteiger partial charge in [-0.2, -0.15) is 0 Å². The molecule has 7 heteroatoms. The summed E-state index contributed by atoms with van der Waals surface area (Å²) in [6, 6.07) is 11.4. The molecular weight excluding hydrogens is 348 g/mol. The van der Waals surface area contributed by atoms with Gasteiger partial charge in [0, 0.05) is 49.7 Å². The molecule has 1 fully saturated rings. The fourth-order valence-electron chi connectivity index (χ4n) is 3.10. The van der Waals surface area contributed by atoms with E-state index in [-0.39, 0.29) is 5.91 Å². The van der Waals surface area contributed by atoms with Gasteiger partial charge in [-0.1, -0.05) is 35.5 Å². The molecule has 0 aliphatic carbocycles. The molecular formula is C19H20N4O2S. The maximum atomic E-state index is 12.7. The molecule has 0 radical (unpaired) electrons. The second kappa shape index (κ2) is 7.39. The first-order valence-corrected chi connectivity index (χ1v) is 9.52. The molecule has 0 unspecified atom stereocenters. The van der Waals surface area contributed by atoms with Gasteiger partial charge in [0.1, 0.15) is 0 Å². The van der Waals surface area contributed by atoms with Crippen molar-refractivity contribution in [3.63, 3.8) is 0 Å². The fraction of sp³-hybridized carbons (Fsp3) is 0.316. The van der Waals surface area contributed by atoms with Gasteiger partial charge >= 0.3 is 0 Å². The molecule has 1 aliphatic heterocycles. The average Bonchev–Trinajstić information content (AvgIpc) is 3.32. The lowest BCUT2D eigenvalue weighted by Crippen LogP contribution is -2.48. The summed E-state index contributed by atoms with van der Waals surface area (Å²) in [7, 11) is 0. The average molecular weight is 368 g/mol. The van der Waals surface area contributed by atoms with E-state index in [1.807, 2.05) is 42.2 Å². The van der Waals surface area contributed by atoms with E-state index < -0.39 is 0 Å². The minimum absolute atomic E-state index is 0.0694. The largest absolute Gasteiger partial charge is 0.355 e. The molecule has 3 heterocycles. The molecule has 0 atom stereocenters. The highest BCUT2D eigenvalue weighted by Gasteiger charge is 2.25. The van der Waals surface area contributed by atoms with Crippen molar-refractivity contribution < 1.29 is 9.32 Å². The molecule has 1 aromatic carbocycles. The zero-order valence-electron chi connectivity index (χ0n) is 14.6. The van der Waals surface area contributed by atoms with Crippen LogP contribution in [0.2, 0.25) is 0 Å². The van der Waals surface area contributed by atoms with Crippen molar-refractivity contribution in [2.75, 3.05) is 26.2 Å². The molecule has 26 heavy (non-hydrogen) atoms. The van der Waals surface area contributed by atoms with E-state index in [1.165, 1.54) is 0 Å². The lowest BCUT2D eigenvalue weighted by atomic mass is 10.1. The van der Waals surface area contributed by atoms with Crippen molar-refractivity contribution in [3.8, 4) is 11.3 Å². The van der Waals surface area contributed by atoms with Crippen LogP contribution in [0.1, 0.15) is 21.2 Å². The number of piperazine rings is 1. The van der Waals surface area contributed by atoms with Crippen LogP contribution >= 0.6 is 11.3 Å². The number of benzene rings is 1. The monoisotopic (exact) mass is 368 g/mol. The van der Waals surface area contributed by atoms with Crippen LogP contribution < -0.4 is 0 Å². The van der Waals surface area contributed by atoms with Crippen molar-refractivity contribution in [2.24, 2.45) is 0 Å². The normalized spacial score (nSPS) is 15.3. The van der Waals surface area contributed by atoms with Gasteiger partial charge in [-0.15, -0.1) is 11.3 Å². The number of thiazole rings is 1. The molecule has 1 amide bonds. The zero-order chi connectivity index (χ0) is 17.9. The first-order valence-electron chi connectivity index (χ1n) is 8.64. The van der Waals surface area contributed by atoms with E-state index in [4.69, 9.17) is 4.52 Å². The lowest BCUT2D eigenvalue weighted by molar-refractivity contribution is 0.0617. The smallest absolute Gasteiger partial charge is 0.276 e. The Bertz CT molecular complexity index is 882. The van der Waals surface area contributed by atoms with Gasteiger partial charge in [-0.05, 0) is 6.92 Å². The van der Waals surface area contributed by atoms with E-state index in [0.717, 1.165) is 35.9 Å². The summed E-state index contributed by atoms with van der Waals surface area (Å²) >= 11 is 1.68. The highest BCUT2D eigenvalue weighted by atomic mass is 32.1. The summed E-state index contributed by atoms with van der Waals surface area (Å²) in [4.78, 5) is 21.4. The van der Waals surface area contributed by atoms with Crippen molar-refractivity contribution in [1.82, 2.24) is 19.9 Å². The molecule has 0 bridgehead atoms. The van der Waals surface area contributed by atoms with Crippen molar-refractivity contribution in [2.45, 2.75) is 13.5 Å². The lowest BCUT2D eigenvalue weighted by Gasteiger charge is -2.33. The van der Waals surface area contributed by atoms with Crippen LogP contribution in [0.15, 0.2) is 46.3 Å². The summed E-state index contributed by atoms with van der Waals surface area (Å²) < 4.78 is 5.35. The van der Waals surface area contributed by atoms with Gasteiger partial charge in [-0.25, -0.2) is 4.98 Å². The first-order chi connectivity index (χ1) is 12.7. The van der Waals surface area contributed by atoms with E-state index in [1.54, 1.807) is 17.4 Å². The SMILES string of the molecule is Cc1nc(CN2CCN(C(=O)c3cc(-c4ccccc4)on3)CC2)cs1. The highest BCUT2D eigenvalue weighted by molar-refractivity contribution is 7.09.